The number of anilines is 1. The highest BCUT2D eigenvalue weighted by Gasteiger charge is 2.13. The van der Waals surface area contributed by atoms with Gasteiger partial charge in [0.1, 0.15) is 0 Å². The van der Waals surface area contributed by atoms with Crippen molar-refractivity contribution in [1.82, 2.24) is 5.32 Å². The molecule has 1 amide bonds. The van der Waals surface area contributed by atoms with E-state index >= 15 is 0 Å². The smallest absolute Gasteiger partial charge is 0.285 e. The van der Waals surface area contributed by atoms with Crippen molar-refractivity contribution in [1.29, 1.82) is 0 Å². The molecule has 1 aromatic carbocycles. The third-order valence-electron chi connectivity index (χ3n) is 1.96. The van der Waals surface area contributed by atoms with Crippen molar-refractivity contribution in [3.05, 3.63) is 32.8 Å². The van der Waals surface area contributed by atoms with Crippen molar-refractivity contribution in [2.24, 2.45) is 0 Å². The number of nitro groups is 1. The molecule has 1 rings (SSSR count). The largest absolute Gasteiger partial charge is 0.325 e. The summed E-state index contributed by atoms with van der Waals surface area (Å²) in [5.41, 5.74) is 0.328. The maximum Gasteiger partial charge on any atom is 0.285 e. The Morgan fingerprint density at radius 3 is 2.82 bits per heavy atom. The van der Waals surface area contributed by atoms with E-state index < -0.39 is 4.92 Å². The van der Waals surface area contributed by atoms with E-state index in [0.29, 0.717) is 16.7 Å². The molecule has 2 N–H and O–H groups in total. The molecular weight excluding hydrogens is 290 g/mol. The fourth-order valence-electron chi connectivity index (χ4n) is 1.17. The van der Waals surface area contributed by atoms with Gasteiger partial charge in [-0.3, -0.25) is 14.9 Å². The van der Waals surface area contributed by atoms with Crippen molar-refractivity contribution < 1.29 is 9.72 Å². The van der Waals surface area contributed by atoms with Gasteiger partial charge in [0.2, 0.25) is 5.91 Å². The van der Waals surface area contributed by atoms with Crippen LogP contribution in [-0.4, -0.2) is 23.9 Å². The third kappa shape index (κ3) is 4.12. The molecule has 0 spiro atoms. The van der Waals surface area contributed by atoms with Gasteiger partial charge in [0.05, 0.1) is 15.9 Å². The Hall–Kier alpha value is -1.47. The first-order chi connectivity index (χ1) is 8.04. The number of nitrogens with zero attached hydrogens (tertiary/aromatic N) is 1. The van der Waals surface area contributed by atoms with Crippen LogP contribution in [0, 0.1) is 10.1 Å². The number of benzene rings is 1. The Labute approximate surface area is 107 Å². The summed E-state index contributed by atoms with van der Waals surface area (Å²) < 4.78 is 0.382. The SMILES string of the molecule is CCNCC(=O)Nc1ccc(Br)c([N+](=O)[O-])c1. The van der Waals surface area contributed by atoms with Gasteiger partial charge in [0.25, 0.3) is 5.69 Å². The molecule has 92 valence electrons. The second-order valence-corrected chi connectivity index (χ2v) is 4.11. The molecule has 0 bridgehead atoms. The number of carbonyl (C=O) groups is 1. The first kappa shape index (κ1) is 13.6. The monoisotopic (exact) mass is 301 g/mol. The zero-order valence-corrected chi connectivity index (χ0v) is 10.8. The minimum Gasteiger partial charge on any atom is -0.325 e. The van der Waals surface area contributed by atoms with E-state index in [9.17, 15) is 14.9 Å². The molecule has 0 saturated heterocycles. The Morgan fingerprint density at radius 2 is 2.24 bits per heavy atom. The molecule has 0 saturated carbocycles. The van der Waals surface area contributed by atoms with Crippen LogP contribution >= 0.6 is 15.9 Å². The molecule has 0 aliphatic rings. The van der Waals surface area contributed by atoms with E-state index in [1.807, 2.05) is 6.92 Å². The van der Waals surface area contributed by atoms with E-state index in [4.69, 9.17) is 0 Å². The van der Waals surface area contributed by atoms with Crippen molar-refractivity contribution in [3.8, 4) is 0 Å². The number of carbonyl (C=O) groups excluding carboxylic acids is 1. The molecule has 0 atom stereocenters. The number of nitrogens with one attached hydrogen (secondary N) is 2. The van der Waals surface area contributed by atoms with Crippen molar-refractivity contribution in [3.63, 3.8) is 0 Å². The van der Waals surface area contributed by atoms with Crippen LogP contribution in [0.25, 0.3) is 0 Å². The van der Waals surface area contributed by atoms with Gasteiger partial charge in [-0.05, 0) is 34.6 Å². The first-order valence-electron chi connectivity index (χ1n) is 4.99. The molecule has 7 heteroatoms. The lowest BCUT2D eigenvalue weighted by atomic mass is 10.3. The molecule has 0 radical (unpaired) electrons. The standard InChI is InChI=1S/C10H12BrN3O3/c1-2-12-6-10(15)13-7-3-4-8(11)9(5-7)14(16)17/h3-5,12H,2,6H2,1H3,(H,13,15). The van der Waals surface area contributed by atoms with Gasteiger partial charge in [-0.1, -0.05) is 6.92 Å². The fourth-order valence-corrected chi connectivity index (χ4v) is 1.57. The highest BCUT2D eigenvalue weighted by molar-refractivity contribution is 9.10. The fraction of sp³-hybridized carbons (Fsp3) is 0.300. The van der Waals surface area contributed by atoms with Crippen LogP contribution < -0.4 is 10.6 Å². The Morgan fingerprint density at radius 1 is 1.53 bits per heavy atom. The molecule has 0 aliphatic carbocycles. The van der Waals surface area contributed by atoms with Crippen LogP contribution in [0.2, 0.25) is 0 Å². The lowest BCUT2D eigenvalue weighted by Crippen LogP contribution is -2.27. The van der Waals surface area contributed by atoms with Crippen LogP contribution in [0.15, 0.2) is 22.7 Å². The lowest BCUT2D eigenvalue weighted by molar-refractivity contribution is -0.385. The van der Waals surface area contributed by atoms with E-state index in [0.717, 1.165) is 0 Å². The van der Waals surface area contributed by atoms with Gasteiger partial charge in [0.15, 0.2) is 0 Å². The Balaban J connectivity index is 2.75. The molecule has 0 heterocycles. The van der Waals surface area contributed by atoms with Gasteiger partial charge >= 0.3 is 0 Å². The van der Waals surface area contributed by atoms with E-state index in [2.05, 4.69) is 26.6 Å². The summed E-state index contributed by atoms with van der Waals surface area (Å²) in [6, 6.07) is 4.44. The topological polar surface area (TPSA) is 84.3 Å². The number of amides is 1. The van der Waals surface area contributed by atoms with E-state index in [1.165, 1.54) is 12.1 Å². The van der Waals surface area contributed by atoms with Gasteiger partial charge in [-0.15, -0.1) is 0 Å². The molecule has 0 unspecified atom stereocenters. The van der Waals surface area contributed by atoms with Crippen molar-refractivity contribution in [2.75, 3.05) is 18.4 Å². The first-order valence-corrected chi connectivity index (χ1v) is 5.78. The minimum absolute atomic E-state index is 0.0775. The summed E-state index contributed by atoms with van der Waals surface area (Å²) in [7, 11) is 0. The maximum atomic E-state index is 11.4. The summed E-state index contributed by atoms with van der Waals surface area (Å²) in [6.45, 7) is 2.76. The maximum absolute atomic E-state index is 11.4. The molecule has 6 nitrogen and oxygen atoms in total. The number of halogens is 1. The van der Waals surface area contributed by atoms with Crippen LogP contribution in [0.3, 0.4) is 0 Å². The Kier molecular flexibility index (Phi) is 5.05. The van der Waals surface area contributed by atoms with E-state index in [-0.39, 0.29) is 18.1 Å². The van der Waals surface area contributed by atoms with Gasteiger partial charge < -0.3 is 10.6 Å². The number of nitro benzene ring substituents is 1. The highest BCUT2D eigenvalue weighted by atomic mass is 79.9. The van der Waals surface area contributed by atoms with Crippen LogP contribution in [-0.2, 0) is 4.79 Å². The molecule has 1 aromatic rings. The second kappa shape index (κ2) is 6.31. The normalized spacial score (nSPS) is 10.0. The summed E-state index contributed by atoms with van der Waals surface area (Å²) in [6.07, 6.45) is 0. The lowest BCUT2D eigenvalue weighted by Gasteiger charge is -2.05. The average molecular weight is 302 g/mol. The van der Waals surface area contributed by atoms with Gasteiger partial charge in [-0.2, -0.15) is 0 Å². The van der Waals surface area contributed by atoms with Gasteiger partial charge in [-0.25, -0.2) is 0 Å². The summed E-state index contributed by atoms with van der Waals surface area (Å²) in [4.78, 5) is 21.6. The quantitative estimate of drug-likeness (QED) is 0.643. The number of rotatable bonds is 5. The predicted molar refractivity (Wildman–Crippen MR) is 68.0 cm³/mol. The molecule has 0 aliphatic heterocycles. The Bertz CT molecular complexity index is 437. The number of hydrogen-bond acceptors (Lipinski definition) is 4. The average Bonchev–Trinajstić information content (AvgIpc) is 2.28. The zero-order valence-electron chi connectivity index (χ0n) is 9.20. The predicted octanol–water partition coefficient (Wildman–Crippen LogP) is 1.91. The molecule has 17 heavy (non-hydrogen) atoms. The van der Waals surface area contributed by atoms with Crippen LogP contribution in [0.4, 0.5) is 11.4 Å². The minimum atomic E-state index is -0.510. The van der Waals surface area contributed by atoms with Gasteiger partial charge in [0, 0.05) is 11.8 Å². The molecule has 0 fully saturated rings. The molecule has 0 aromatic heterocycles. The molecular formula is C10H12BrN3O3. The van der Waals surface area contributed by atoms with Crippen LogP contribution in [0.1, 0.15) is 6.92 Å². The zero-order chi connectivity index (χ0) is 12.8. The number of likely N-dealkylation sites (N-methyl/N-ethyl adjacent to an activating group) is 1. The number of hydrogen-bond donors (Lipinski definition) is 2. The van der Waals surface area contributed by atoms with Crippen LogP contribution in [0.5, 0.6) is 0 Å². The summed E-state index contributed by atoms with van der Waals surface area (Å²) in [5, 5.41) is 16.1. The van der Waals surface area contributed by atoms with Crippen molar-refractivity contribution >= 4 is 33.2 Å². The van der Waals surface area contributed by atoms with Crippen molar-refractivity contribution in [2.45, 2.75) is 6.92 Å². The third-order valence-corrected chi connectivity index (χ3v) is 2.63. The van der Waals surface area contributed by atoms with E-state index in [1.54, 1.807) is 6.07 Å². The second-order valence-electron chi connectivity index (χ2n) is 3.25. The highest BCUT2D eigenvalue weighted by Crippen LogP contribution is 2.27. The summed E-state index contributed by atoms with van der Waals surface area (Å²) in [5.74, 6) is -0.233. The summed E-state index contributed by atoms with van der Waals surface area (Å²) >= 11 is 3.07.